The monoisotopic (exact) mass is 254 g/mol. The number of anilines is 1. The summed E-state index contributed by atoms with van der Waals surface area (Å²) in [6, 6.07) is 2.71. The van der Waals surface area contributed by atoms with E-state index in [9.17, 15) is 19.8 Å². The van der Waals surface area contributed by atoms with Crippen molar-refractivity contribution < 1.29 is 24.9 Å². The molecular formula is C11H14N2O5. The van der Waals surface area contributed by atoms with Gasteiger partial charge in [0.1, 0.15) is 6.10 Å². The standard InChI is InChI=1S/C11H14N2O5/c1-4-2-5(8(14)9(15)10(13)16)7(12)6(3-4)11(17)18/h2-3,8-9,14-15H,12H2,1H3,(H2,13,16)(H,17,18). The third kappa shape index (κ3) is 2.58. The summed E-state index contributed by atoms with van der Waals surface area (Å²) >= 11 is 0. The number of carbonyl (C=O) groups excluding carboxylic acids is 1. The van der Waals surface area contributed by atoms with Crippen molar-refractivity contribution in [3.8, 4) is 0 Å². The first-order chi connectivity index (χ1) is 8.25. The number of rotatable bonds is 4. The van der Waals surface area contributed by atoms with Gasteiger partial charge in [-0.2, -0.15) is 0 Å². The Kier molecular flexibility index (Phi) is 3.89. The molecule has 7 N–H and O–H groups in total. The van der Waals surface area contributed by atoms with Crippen LogP contribution in [0.25, 0.3) is 0 Å². The van der Waals surface area contributed by atoms with Crippen molar-refractivity contribution in [3.05, 3.63) is 28.8 Å². The summed E-state index contributed by atoms with van der Waals surface area (Å²) in [5.41, 5.74) is 10.5. The number of carbonyl (C=O) groups is 2. The zero-order chi connectivity index (χ0) is 14.0. The molecule has 0 saturated heterocycles. The van der Waals surface area contributed by atoms with Crippen molar-refractivity contribution in [1.29, 1.82) is 0 Å². The van der Waals surface area contributed by atoms with Gasteiger partial charge in [-0.05, 0) is 18.6 Å². The normalized spacial score (nSPS) is 13.9. The van der Waals surface area contributed by atoms with Crippen LogP contribution in [0.1, 0.15) is 27.6 Å². The smallest absolute Gasteiger partial charge is 0.337 e. The molecule has 0 heterocycles. The highest BCUT2D eigenvalue weighted by Crippen LogP contribution is 2.28. The lowest BCUT2D eigenvalue weighted by Crippen LogP contribution is -2.34. The predicted molar refractivity (Wildman–Crippen MR) is 62.7 cm³/mol. The second kappa shape index (κ2) is 5.03. The van der Waals surface area contributed by atoms with E-state index in [0.717, 1.165) is 0 Å². The molecule has 1 amide bonds. The average Bonchev–Trinajstić information content (AvgIpc) is 2.29. The molecule has 0 spiro atoms. The number of carboxylic acids is 1. The Labute approximate surface area is 103 Å². The van der Waals surface area contributed by atoms with E-state index in [4.69, 9.17) is 16.6 Å². The molecule has 0 fully saturated rings. The van der Waals surface area contributed by atoms with Crippen molar-refractivity contribution in [2.24, 2.45) is 5.73 Å². The van der Waals surface area contributed by atoms with E-state index in [2.05, 4.69) is 0 Å². The lowest BCUT2D eigenvalue weighted by molar-refractivity contribution is -0.131. The Hall–Kier alpha value is -2.12. The Bertz CT molecular complexity index is 500. The molecule has 0 aliphatic heterocycles. The van der Waals surface area contributed by atoms with Crippen LogP contribution in [0.3, 0.4) is 0 Å². The highest BCUT2D eigenvalue weighted by molar-refractivity contribution is 5.95. The van der Waals surface area contributed by atoms with Gasteiger partial charge in [-0.25, -0.2) is 4.79 Å². The Morgan fingerprint density at radius 3 is 2.28 bits per heavy atom. The second-order valence-corrected chi connectivity index (χ2v) is 3.91. The van der Waals surface area contributed by atoms with E-state index < -0.39 is 24.1 Å². The van der Waals surface area contributed by atoms with Crippen LogP contribution in [-0.2, 0) is 4.79 Å². The zero-order valence-electron chi connectivity index (χ0n) is 9.62. The SMILES string of the molecule is Cc1cc(C(=O)O)c(N)c(C(O)C(O)C(N)=O)c1. The molecular weight excluding hydrogens is 240 g/mol. The molecule has 0 radical (unpaired) electrons. The minimum absolute atomic E-state index is 0.0429. The van der Waals surface area contributed by atoms with Crippen molar-refractivity contribution >= 4 is 17.6 Å². The highest BCUT2D eigenvalue weighted by Gasteiger charge is 2.27. The number of amides is 1. The second-order valence-electron chi connectivity index (χ2n) is 3.91. The van der Waals surface area contributed by atoms with E-state index in [-0.39, 0.29) is 16.8 Å². The quantitative estimate of drug-likeness (QED) is 0.442. The molecule has 0 bridgehead atoms. The van der Waals surface area contributed by atoms with Crippen LogP contribution in [0.2, 0.25) is 0 Å². The van der Waals surface area contributed by atoms with E-state index in [0.29, 0.717) is 5.56 Å². The summed E-state index contributed by atoms with van der Waals surface area (Å²) in [5.74, 6) is -2.39. The summed E-state index contributed by atoms with van der Waals surface area (Å²) in [7, 11) is 0. The number of aryl methyl sites for hydroxylation is 1. The van der Waals surface area contributed by atoms with Crippen LogP contribution in [0.5, 0.6) is 0 Å². The molecule has 1 aromatic carbocycles. The first-order valence-corrected chi connectivity index (χ1v) is 5.04. The van der Waals surface area contributed by atoms with E-state index in [1.807, 2.05) is 0 Å². The molecule has 2 unspecified atom stereocenters. The number of primary amides is 1. The fourth-order valence-electron chi connectivity index (χ4n) is 1.57. The van der Waals surface area contributed by atoms with Crippen LogP contribution < -0.4 is 11.5 Å². The number of aliphatic hydroxyl groups excluding tert-OH is 2. The fraction of sp³-hybridized carbons (Fsp3) is 0.273. The van der Waals surface area contributed by atoms with Crippen LogP contribution in [0.15, 0.2) is 12.1 Å². The van der Waals surface area contributed by atoms with Gasteiger partial charge in [0, 0.05) is 5.56 Å². The number of hydrogen-bond acceptors (Lipinski definition) is 5. The van der Waals surface area contributed by atoms with Crippen LogP contribution in [-0.4, -0.2) is 33.3 Å². The van der Waals surface area contributed by atoms with Crippen molar-refractivity contribution in [2.75, 3.05) is 5.73 Å². The van der Waals surface area contributed by atoms with E-state index in [1.54, 1.807) is 6.92 Å². The lowest BCUT2D eigenvalue weighted by Gasteiger charge is -2.18. The van der Waals surface area contributed by atoms with Gasteiger partial charge >= 0.3 is 5.97 Å². The Morgan fingerprint density at radius 1 is 1.28 bits per heavy atom. The molecule has 0 aliphatic carbocycles. The van der Waals surface area contributed by atoms with Crippen LogP contribution in [0, 0.1) is 6.92 Å². The predicted octanol–water partition coefficient (Wildman–Crippen LogP) is -0.845. The molecule has 98 valence electrons. The van der Waals surface area contributed by atoms with E-state index >= 15 is 0 Å². The van der Waals surface area contributed by atoms with Gasteiger partial charge in [-0.15, -0.1) is 0 Å². The summed E-state index contributed by atoms with van der Waals surface area (Å²) in [4.78, 5) is 21.7. The minimum Gasteiger partial charge on any atom is -0.478 e. The maximum absolute atomic E-state index is 10.9. The molecule has 0 aliphatic rings. The first kappa shape index (κ1) is 13.9. The minimum atomic E-state index is -1.85. The number of carboxylic acid groups (broad SMARTS) is 1. The van der Waals surface area contributed by atoms with Gasteiger partial charge in [0.25, 0.3) is 0 Å². The van der Waals surface area contributed by atoms with E-state index in [1.165, 1.54) is 12.1 Å². The van der Waals surface area contributed by atoms with Crippen molar-refractivity contribution in [1.82, 2.24) is 0 Å². The summed E-state index contributed by atoms with van der Waals surface area (Å²) in [6.45, 7) is 1.60. The van der Waals surface area contributed by atoms with Crippen LogP contribution >= 0.6 is 0 Å². The number of nitrogen functional groups attached to an aromatic ring is 1. The van der Waals surface area contributed by atoms with Crippen molar-refractivity contribution in [2.45, 2.75) is 19.1 Å². The molecule has 7 nitrogen and oxygen atoms in total. The molecule has 7 heteroatoms. The molecule has 18 heavy (non-hydrogen) atoms. The largest absolute Gasteiger partial charge is 0.478 e. The molecule has 1 rings (SSSR count). The topological polar surface area (TPSA) is 147 Å². The summed E-state index contributed by atoms with van der Waals surface area (Å²) in [6.07, 6.45) is -3.52. The maximum Gasteiger partial charge on any atom is 0.337 e. The maximum atomic E-state index is 10.9. The Morgan fingerprint density at radius 2 is 1.83 bits per heavy atom. The lowest BCUT2D eigenvalue weighted by atomic mass is 9.96. The molecule has 0 saturated carbocycles. The van der Waals surface area contributed by atoms with Gasteiger partial charge in [0.15, 0.2) is 6.10 Å². The third-order valence-corrected chi connectivity index (χ3v) is 2.50. The number of aromatic carboxylic acids is 1. The number of nitrogens with two attached hydrogens (primary N) is 2. The average molecular weight is 254 g/mol. The van der Waals surface area contributed by atoms with Crippen LogP contribution in [0.4, 0.5) is 5.69 Å². The molecule has 2 atom stereocenters. The molecule has 1 aromatic rings. The van der Waals surface area contributed by atoms with Gasteiger partial charge in [0.2, 0.25) is 5.91 Å². The van der Waals surface area contributed by atoms with Crippen molar-refractivity contribution in [3.63, 3.8) is 0 Å². The first-order valence-electron chi connectivity index (χ1n) is 5.04. The number of hydrogen-bond donors (Lipinski definition) is 5. The number of aliphatic hydroxyl groups is 2. The Balaban J connectivity index is 3.32. The highest BCUT2D eigenvalue weighted by atomic mass is 16.4. The summed E-state index contributed by atoms with van der Waals surface area (Å²) in [5, 5.41) is 28.0. The van der Waals surface area contributed by atoms with Gasteiger partial charge < -0.3 is 26.8 Å². The molecule has 0 aromatic heterocycles. The van der Waals surface area contributed by atoms with Gasteiger partial charge in [0.05, 0.1) is 11.3 Å². The zero-order valence-corrected chi connectivity index (χ0v) is 9.62. The fourth-order valence-corrected chi connectivity index (χ4v) is 1.57. The van der Waals surface area contributed by atoms with Gasteiger partial charge in [-0.1, -0.05) is 6.07 Å². The number of benzene rings is 1. The third-order valence-electron chi connectivity index (χ3n) is 2.50. The summed E-state index contributed by atoms with van der Waals surface area (Å²) < 4.78 is 0. The van der Waals surface area contributed by atoms with Gasteiger partial charge in [-0.3, -0.25) is 4.79 Å².